The fourth-order valence-electron chi connectivity index (χ4n) is 5.26. The van der Waals surface area contributed by atoms with Crippen molar-refractivity contribution in [2.45, 2.75) is 44.9 Å². The smallest absolute Gasteiger partial charge is 0.344 e. The van der Waals surface area contributed by atoms with Crippen LogP contribution in [0.15, 0.2) is 89.3 Å². The van der Waals surface area contributed by atoms with Gasteiger partial charge in [0.15, 0.2) is 18.3 Å². The molecule has 1 aliphatic carbocycles. The minimum absolute atomic E-state index is 0.0792. The van der Waals surface area contributed by atoms with Crippen molar-refractivity contribution in [2.75, 3.05) is 13.2 Å². The van der Waals surface area contributed by atoms with Crippen molar-refractivity contribution in [1.29, 1.82) is 0 Å². The van der Waals surface area contributed by atoms with E-state index >= 15 is 0 Å². The Morgan fingerprint density at radius 2 is 1.65 bits per heavy atom. The summed E-state index contributed by atoms with van der Waals surface area (Å²) in [5.41, 5.74) is 4.20. The summed E-state index contributed by atoms with van der Waals surface area (Å²) in [4.78, 5) is 16.8. The number of carbonyl (C=O) groups excluding carboxylic acids is 1. The number of hydrogen-bond acceptors (Lipinski definition) is 5. The van der Waals surface area contributed by atoms with E-state index in [4.69, 9.17) is 18.9 Å². The number of aromatic nitrogens is 1. The molecule has 0 radical (unpaired) electrons. The van der Waals surface area contributed by atoms with Gasteiger partial charge in [-0.05, 0) is 49.8 Å². The Morgan fingerprint density at radius 1 is 0.919 bits per heavy atom. The third-order valence-corrected chi connectivity index (χ3v) is 7.01. The van der Waals surface area contributed by atoms with Crippen molar-refractivity contribution in [1.82, 2.24) is 4.98 Å². The average Bonchev–Trinajstić information content (AvgIpc) is 3.39. The van der Waals surface area contributed by atoms with Crippen LogP contribution in [0.25, 0.3) is 22.6 Å². The molecule has 0 aliphatic heterocycles. The lowest BCUT2D eigenvalue weighted by Gasteiger charge is -2.29. The molecule has 0 unspecified atom stereocenters. The molecule has 1 heterocycles. The normalized spacial score (nSPS) is 17.3. The van der Waals surface area contributed by atoms with Gasteiger partial charge in [-0.1, -0.05) is 85.6 Å². The standard InChI is InChI=1S/C32H33NO4/c1-2-35-29(34)22-36-27-18-11-12-23(21-27)20-26-17-9-10-19-28(26)32-33-30(24-13-5-3-6-14-24)31(37-32)25-15-7-4-8-16-25/h3-8,11-16,18,21,26,28H,2,9-10,17,19-20,22H2,1H3/t26-,28+/m1/s1. The second-order valence-electron chi connectivity index (χ2n) is 9.56. The minimum Gasteiger partial charge on any atom is -0.482 e. The summed E-state index contributed by atoms with van der Waals surface area (Å²) < 4.78 is 17.2. The Kier molecular flexibility index (Phi) is 7.99. The number of nitrogens with zero attached hydrogens (tertiary/aromatic N) is 1. The second kappa shape index (κ2) is 11.9. The molecule has 3 aromatic carbocycles. The Bertz CT molecular complexity index is 1240. The molecule has 190 valence electrons. The molecule has 1 aromatic heterocycles. The summed E-state index contributed by atoms with van der Waals surface area (Å²) in [6, 6.07) is 28.6. The van der Waals surface area contributed by atoms with Crippen LogP contribution in [0.5, 0.6) is 5.75 Å². The summed E-state index contributed by atoms with van der Waals surface area (Å²) in [7, 11) is 0. The Balaban J connectivity index is 1.40. The molecule has 4 aromatic rings. The van der Waals surface area contributed by atoms with Crippen LogP contribution in [-0.4, -0.2) is 24.2 Å². The van der Waals surface area contributed by atoms with Crippen LogP contribution in [0.2, 0.25) is 0 Å². The molecular formula is C32H33NO4. The first-order valence-corrected chi connectivity index (χ1v) is 13.2. The van der Waals surface area contributed by atoms with E-state index in [-0.39, 0.29) is 18.5 Å². The Labute approximate surface area is 218 Å². The van der Waals surface area contributed by atoms with E-state index < -0.39 is 0 Å². The van der Waals surface area contributed by atoms with Crippen molar-refractivity contribution in [3.63, 3.8) is 0 Å². The van der Waals surface area contributed by atoms with Crippen LogP contribution >= 0.6 is 0 Å². The quantitative estimate of drug-likeness (QED) is 0.225. The number of rotatable bonds is 9. The average molecular weight is 496 g/mol. The first kappa shape index (κ1) is 24.8. The minimum atomic E-state index is -0.354. The second-order valence-corrected chi connectivity index (χ2v) is 9.56. The van der Waals surface area contributed by atoms with Gasteiger partial charge in [-0.2, -0.15) is 0 Å². The SMILES string of the molecule is CCOC(=O)COc1cccc(C[C@H]2CCCC[C@@H]2c2nc(-c3ccccc3)c(-c3ccccc3)o2)c1. The van der Waals surface area contributed by atoms with Gasteiger partial charge >= 0.3 is 5.97 Å². The molecule has 0 saturated heterocycles. The van der Waals surface area contributed by atoms with Crippen molar-refractivity contribution >= 4 is 5.97 Å². The lowest BCUT2D eigenvalue weighted by Crippen LogP contribution is -2.20. The highest BCUT2D eigenvalue weighted by Gasteiger charge is 2.32. The van der Waals surface area contributed by atoms with Crippen LogP contribution in [0, 0.1) is 5.92 Å². The molecule has 2 atom stereocenters. The van der Waals surface area contributed by atoms with Gasteiger partial charge in [-0.3, -0.25) is 0 Å². The molecule has 0 amide bonds. The van der Waals surface area contributed by atoms with Gasteiger partial charge in [-0.15, -0.1) is 0 Å². The topological polar surface area (TPSA) is 61.6 Å². The molecule has 0 spiro atoms. The van der Waals surface area contributed by atoms with Gasteiger partial charge in [0.1, 0.15) is 11.4 Å². The first-order valence-electron chi connectivity index (χ1n) is 13.2. The third kappa shape index (κ3) is 6.11. The lowest BCUT2D eigenvalue weighted by molar-refractivity contribution is -0.145. The van der Waals surface area contributed by atoms with Gasteiger partial charge in [0.2, 0.25) is 0 Å². The van der Waals surface area contributed by atoms with Crippen molar-refractivity contribution in [3.8, 4) is 28.3 Å². The van der Waals surface area contributed by atoms with Crippen LogP contribution < -0.4 is 4.74 Å². The molecule has 37 heavy (non-hydrogen) atoms. The van der Waals surface area contributed by atoms with E-state index in [0.717, 1.165) is 47.7 Å². The fraction of sp³-hybridized carbons (Fsp3) is 0.312. The number of ether oxygens (including phenoxy) is 2. The predicted molar refractivity (Wildman–Crippen MR) is 144 cm³/mol. The highest BCUT2D eigenvalue weighted by Crippen LogP contribution is 2.43. The van der Waals surface area contributed by atoms with E-state index in [1.807, 2.05) is 54.6 Å². The molecule has 1 aliphatic rings. The van der Waals surface area contributed by atoms with Crippen LogP contribution in [0.3, 0.4) is 0 Å². The fourth-order valence-corrected chi connectivity index (χ4v) is 5.26. The van der Waals surface area contributed by atoms with Crippen LogP contribution in [0.1, 0.15) is 50.0 Å². The summed E-state index contributed by atoms with van der Waals surface area (Å²) in [6.45, 7) is 2.06. The molecule has 0 bridgehead atoms. The number of benzene rings is 3. The van der Waals surface area contributed by atoms with Crippen LogP contribution in [-0.2, 0) is 16.0 Å². The third-order valence-electron chi connectivity index (χ3n) is 7.01. The van der Waals surface area contributed by atoms with Gasteiger partial charge < -0.3 is 13.9 Å². The van der Waals surface area contributed by atoms with Gasteiger partial charge in [0, 0.05) is 17.0 Å². The number of esters is 1. The van der Waals surface area contributed by atoms with E-state index in [1.54, 1.807) is 6.92 Å². The molecule has 1 fully saturated rings. The Morgan fingerprint density at radius 3 is 2.41 bits per heavy atom. The zero-order valence-corrected chi connectivity index (χ0v) is 21.3. The van der Waals surface area contributed by atoms with Crippen molar-refractivity contribution in [3.05, 3.63) is 96.4 Å². The van der Waals surface area contributed by atoms with Crippen molar-refractivity contribution in [2.24, 2.45) is 5.92 Å². The zero-order valence-electron chi connectivity index (χ0n) is 21.3. The molecular weight excluding hydrogens is 462 g/mol. The highest BCUT2D eigenvalue weighted by molar-refractivity contribution is 5.76. The van der Waals surface area contributed by atoms with E-state index in [2.05, 4.69) is 30.3 Å². The monoisotopic (exact) mass is 495 g/mol. The van der Waals surface area contributed by atoms with Gasteiger partial charge in [-0.25, -0.2) is 9.78 Å². The van der Waals surface area contributed by atoms with E-state index in [9.17, 15) is 4.79 Å². The van der Waals surface area contributed by atoms with Crippen LogP contribution in [0.4, 0.5) is 0 Å². The van der Waals surface area contributed by atoms with Crippen molar-refractivity contribution < 1.29 is 18.7 Å². The number of carbonyl (C=O) groups is 1. The molecule has 5 heteroatoms. The van der Waals surface area contributed by atoms with E-state index in [0.29, 0.717) is 18.3 Å². The largest absolute Gasteiger partial charge is 0.482 e. The summed E-state index contributed by atoms with van der Waals surface area (Å²) in [5, 5.41) is 0. The Hall–Kier alpha value is -3.86. The van der Waals surface area contributed by atoms with Gasteiger partial charge in [0.25, 0.3) is 0 Å². The maximum Gasteiger partial charge on any atom is 0.344 e. The maximum absolute atomic E-state index is 11.7. The lowest BCUT2D eigenvalue weighted by atomic mass is 9.76. The zero-order chi connectivity index (χ0) is 25.5. The van der Waals surface area contributed by atoms with E-state index in [1.165, 1.54) is 18.4 Å². The summed E-state index contributed by atoms with van der Waals surface area (Å²) in [5.74, 6) is 2.66. The number of hydrogen-bond donors (Lipinski definition) is 0. The maximum atomic E-state index is 11.7. The molecule has 5 rings (SSSR count). The molecule has 0 N–H and O–H groups in total. The number of oxazole rings is 1. The van der Waals surface area contributed by atoms with Gasteiger partial charge in [0.05, 0.1) is 6.61 Å². The summed E-state index contributed by atoms with van der Waals surface area (Å²) in [6.07, 6.45) is 5.48. The molecule has 1 saturated carbocycles. The first-order chi connectivity index (χ1) is 18.2. The summed E-state index contributed by atoms with van der Waals surface area (Å²) >= 11 is 0. The highest BCUT2D eigenvalue weighted by atomic mass is 16.6. The molecule has 5 nitrogen and oxygen atoms in total. The predicted octanol–water partition coefficient (Wildman–Crippen LogP) is 7.47.